The van der Waals surface area contributed by atoms with Crippen LogP contribution in [0.2, 0.25) is 0 Å². The highest BCUT2D eigenvalue weighted by molar-refractivity contribution is 7.99. The molecule has 5 heteroatoms. The predicted octanol–water partition coefficient (Wildman–Crippen LogP) is 4.85. The molecule has 1 heterocycles. The molecule has 0 aliphatic rings. The molecule has 1 amide bonds. The lowest BCUT2D eigenvalue weighted by molar-refractivity contribution is -0.119. The van der Waals surface area contributed by atoms with E-state index in [4.69, 9.17) is 0 Å². The SMILES string of the molecule is Cc1ccc(Sc2ccc(NC(=O)C(C)n3cccn3)cc2)c(C)c1. The van der Waals surface area contributed by atoms with Crippen molar-refractivity contribution in [3.05, 3.63) is 72.1 Å². The molecule has 4 nitrogen and oxygen atoms in total. The molecular formula is C20H21N3OS. The lowest BCUT2D eigenvalue weighted by atomic mass is 10.2. The van der Waals surface area contributed by atoms with Crippen LogP contribution in [0.25, 0.3) is 0 Å². The van der Waals surface area contributed by atoms with Crippen LogP contribution in [0, 0.1) is 13.8 Å². The van der Waals surface area contributed by atoms with Crippen molar-refractivity contribution in [3.8, 4) is 0 Å². The summed E-state index contributed by atoms with van der Waals surface area (Å²) in [5.74, 6) is -0.0847. The van der Waals surface area contributed by atoms with Crippen LogP contribution in [0.5, 0.6) is 0 Å². The second-order valence-electron chi connectivity index (χ2n) is 6.05. The molecule has 0 spiro atoms. The van der Waals surface area contributed by atoms with E-state index in [-0.39, 0.29) is 11.9 Å². The summed E-state index contributed by atoms with van der Waals surface area (Å²) in [5, 5.41) is 7.04. The molecule has 128 valence electrons. The molecule has 3 rings (SSSR count). The minimum Gasteiger partial charge on any atom is -0.324 e. The molecule has 0 saturated heterocycles. The van der Waals surface area contributed by atoms with Gasteiger partial charge in [0.1, 0.15) is 6.04 Å². The number of hydrogen-bond donors (Lipinski definition) is 1. The Hall–Kier alpha value is -2.53. The molecule has 0 bridgehead atoms. The Labute approximate surface area is 152 Å². The van der Waals surface area contributed by atoms with Crippen molar-refractivity contribution in [2.24, 2.45) is 0 Å². The average Bonchev–Trinajstić information content (AvgIpc) is 3.13. The summed E-state index contributed by atoms with van der Waals surface area (Å²) in [6, 6.07) is 15.8. The minimum atomic E-state index is -0.348. The summed E-state index contributed by atoms with van der Waals surface area (Å²) < 4.78 is 1.64. The first-order valence-corrected chi connectivity index (χ1v) is 9.00. The van der Waals surface area contributed by atoms with E-state index in [1.165, 1.54) is 16.0 Å². The highest BCUT2D eigenvalue weighted by Crippen LogP contribution is 2.31. The van der Waals surface area contributed by atoms with Gasteiger partial charge in [0, 0.05) is 27.9 Å². The third kappa shape index (κ3) is 4.31. The van der Waals surface area contributed by atoms with E-state index in [0.717, 1.165) is 10.6 Å². The van der Waals surface area contributed by atoms with Crippen molar-refractivity contribution in [1.82, 2.24) is 9.78 Å². The van der Waals surface area contributed by atoms with Crippen LogP contribution in [0.15, 0.2) is 70.7 Å². The fourth-order valence-electron chi connectivity index (χ4n) is 2.52. The quantitative estimate of drug-likeness (QED) is 0.715. The van der Waals surface area contributed by atoms with Crippen molar-refractivity contribution in [2.75, 3.05) is 5.32 Å². The molecule has 0 aliphatic heterocycles. The molecule has 0 aliphatic carbocycles. The lowest BCUT2D eigenvalue weighted by Gasteiger charge is -2.13. The summed E-state index contributed by atoms with van der Waals surface area (Å²) in [7, 11) is 0. The fraction of sp³-hybridized carbons (Fsp3) is 0.200. The summed E-state index contributed by atoms with van der Waals surface area (Å²) in [4.78, 5) is 14.7. The Bertz CT molecular complexity index is 857. The second kappa shape index (κ2) is 7.57. The largest absolute Gasteiger partial charge is 0.324 e. The number of rotatable bonds is 5. The van der Waals surface area contributed by atoms with E-state index < -0.39 is 0 Å². The maximum atomic E-state index is 12.3. The van der Waals surface area contributed by atoms with E-state index in [1.54, 1.807) is 28.8 Å². The number of carbonyl (C=O) groups excluding carboxylic acids is 1. The van der Waals surface area contributed by atoms with E-state index in [0.29, 0.717) is 0 Å². The molecule has 0 saturated carbocycles. The van der Waals surface area contributed by atoms with Gasteiger partial charge in [-0.15, -0.1) is 0 Å². The highest BCUT2D eigenvalue weighted by Gasteiger charge is 2.14. The van der Waals surface area contributed by atoms with Gasteiger partial charge in [0.15, 0.2) is 0 Å². The predicted molar refractivity (Wildman–Crippen MR) is 102 cm³/mol. The molecule has 0 radical (unpaired) electrons. The Morgan fingerprint density at radius 2 is 1.92 bits per heavy atom. The Morgan fingerprint density at radius 3 is 2.56 bits per heavy atom. The number of anilines is 1. The van der Waals surface area contributed by atoms with Gasteiger partial charge in [0.25, 0.3) is 0 Å². The molecule has 1 atom stereocenters. The molecule has 1 N–H and O–H groups in total. The van der Waals surface area contributed by atoms with Gasteiger partial charge in [0.2, 0.25) is 5.91 Å². The van der Waals surface area contributed by atoms with Crippen LogP contribution in [0.1, 0.15) is 24.1 Å². The molecule has 2 aromatic carbocycles. The van der Waals surface area contributed by atoms with Crippen molar-refractivity contribution in [2.45, 2.75) is 36.6 Å². The van der Waals surface area contributed by atoms with E-state index in [1.807, 2.05) is 37.3 Å². The van der Waals surface area contributed by atoms with E-state index in [2.05, 4.69) is 42.5 Å². The number of nitrogens with one attached hydrogen (secondary N) is 1. The number of amides is 1. The summed E-state index contributed by atoms with van der Waals surface area (Å²) in [5.41, 5.74) is 3.33. The fourth-order valence-corrected chi connectivity index (χ4v) is 3.41. The summed E-state index contributed by atoms with van der Waals surface area (Å²) in [6.07, 6.45) is 3.46. The van der Waals surface area contributed by atoms with Crippen LogP contribution in [-0.2, 0) is 4.79 Å². The standard InChI is InChI=1S/C20H21N3OS/c1-14-5-10-19(15(2)13-14)25-18-8-6-17(7-9-18)22-20(24)16(3)23-12-4-11-21-23/h4-13,16H,1-3H3,(H,22,24). The van der Waals surface area contributed by atoms with Gasteiger partial charge in [-0.25, -0.2) is 0 Å². The van der Waals surface area contributed by atoms with Crippen molar-refractivity contribution in [1.29, 1.82) is 0 Å². The Kier molecular flexibility index (Phi) is 5.24. The Morgan fingerprint density at radius 1 is 1.16 bits per heavy atom. The molecule has 25 heavy (non-hydrogen) atoms. The normalized spacial score (nSPS) is 12.0. The molecule has 1 aromatic heterocycles. The van der Waals surface area contributed by atoms with Crippen LogP contribution >= 0.6 is 11.8 Å². The Balaban J connectivity index is 1.65. The van der Waals surface area contributed by atoms with Gasteiger partial charge in [0.05, 0.1) is 0 Å². The van der Waals surface area contributed by atoms with E-state index in [9.17, 15) is 4.79 Å². The maximum absolute atomic E-state index is 12.3. The number of carbonyl (C=O) groups is 1. The topological polar surface area (TPSA) is 46.9 Å². The average molecular weight is 351 g/mol. The highest BCUT2D eigenvalue weighted by atomic mass is 32.2. The zero-order valence-electron chi connectivity index (χ0n) is 14.6. The number of aryl methyl sites for hydroxylation is 2. The molecule has 0 fully saturated rings. The molecule has 1 unspecified atom stereocenters. The zero-order chi connectivity index (χ0) is 17.8. The van der Waals surface area contributed by atoms with Gasteiger partial charge >= 0.3 is 0 Å². The van der Waals surface area contributed by atoms with Gasteiger partial charge in [-0.2, -0.15) is 5.10 Å². The number of benzene rings is 2. The van der Waals surface area contributed by atoms with Crippen molar-refractivity contribution < 1.29 is 4.79 Å². The van der Waals surface area contributed by atoms with Gasteiger partial charge in [-0.3, -0.25) is 9.48 Å². The summed E-state index contributed by atoms with van der Waals surface area (Å²) in [6.45, 7) is 6.05. The van der Waals surface area contributed by atoms with Crippen LogP contribution < -0.4 is 5.32 Å². The third-order valence-electron chi connectivity index (χ3n) is 3.98. The smallest absolute Gasteiger partial charge is 0.248 e. The second-order valence-corrected chi connectivity index (χ2v) is 7.16. The number of aromatic nitrogens is 2. The number of hydrogen-bond acceptors (Lipinski definition) is 3. The minimum absolute atomic E-state index is 0.0847. The van der Waals surface area contributed by atoms with Crippen LogP contribution in [0.3, 0.4) is 0 Å². The first-order valence-electron chi connectivity index (χ1n) is 8.18. The molecule has 3 aromatic rings. The summed E-state index contributed by atoms with van der Waals surface area (Å²) >= 11 is 1.73. The van der Waals surface area contributed by atoms with Gasteiger partial charge < -0.3 is 5.32 Å². The van der Waals surface area contributed by atoms with Crippen molar-refractivity contribution >= 4 is 23.4 Å². The third-order valence-corrected chi connectivity index (χ3v) is 5.17. The lowest BCUT2D eigenvalue weighted by Crippen LogP contribution is -2.23. The van der Waals surface area contributed by atoms with Gasteiger partial charge in [-0.1, -0.05) is 29.5 Å². The monoisotopic (exact) mass is 351 g/mol. The zero-order valence-corrected chi connectivity index (χ0v) is 15.4. The van der Waals surface area contributed by atoms with E-state index >= 15 is 0 Å². The van der Waals surface area contributed by atoms with Crippen LogP contribution in [-0.4, -0.2) is 15.7 Å². The first kappa shape index (κ1) is 17.3. The number of nitrogens with zero attached hydrogens (tertiary/aromatic N) is 2. The van der Waals surface area contributed by atoms with Crippen LogP contribution in [0.4, 0.5) is 5.69 Å². The molecular weight excluding hydrogens is 330 g/mol. The first-order chi connectivity index (χ1) is 12.0. The van der Waals surface area contributed by atoms with Crippen molar-refractivity contribution in [3.63, 3.8) is 0 Å². The van der Waals surface area contributed by atoms with Gasteiger partial charge in [-0.05, 0) is 62.7 Å². The maximum Gasteiger partial charge on any atom is 0.248 e.